The molecule has 174 valence electrons. The van der Waals surface area contributed by atoms with Crippen LogP contribution in [-0.4, -0.2) is 35.0 Å². The molecular formula is C24H22Cl2FNO5. The van der Waals surface area contributed by atoms with E-state index in [1.807, 2.05) is 0 Å². The number of aliphatic hydroxyl groups excluding tert-OH is 1. The lowest BCUT2D eigenvalue weighted by molar-refractivity contribution is -0.176. The molecule has 6 rings (SSSR count). The highest BCUT2D eigenvalue weighted by atomic mass is 35.5. The lowest BCUT2D eigenvalue weighted by atomic mass is 9.38. The first-order valence-corrected chi connectivity index (χ1v) is 11.5. The minimum atomic E-state index is -0.825. The summed E-state index contributed by atoms with van der Waals surface area (Å²) in [7, 11) is 0. The van der Waals surface area contributed by atoms with Gasteiger partial charge in [-0.15, -0.1) is 0 Å². The van der Waals surface area contributed by atoms with Gasteiger partial charge in [-0.2, -0.15) is 0 Å². The summed E-state index contributed by atoms with van der Waals surface area (Å²) in [4.78, 5) is 25.2. The third kappa shape index (κ3) is 4.29. The number of fused-ring (bicyclic) bond motifs is 1. The molecule has 1 amide bonds. The number of hydrogen-bond acceptors (Lipinski definition) is 5. The summed E-state index contributed by atoms with van der Waals surface area (Å²) in [5.41, 5.74) is 0.152. The molecule has 6 nitrogen and oxygen atoms in total. The van der Waals surface area contributed by atoms with Crippen molar-refractivity contribution in [3.05, 3.63) is 57.8 Å². The van der Waals surface area contributed by atoms with Crippen molar-refractivity contribution in [2.45, 2.75) is 49.9 Å². The van der Waals surface area contributed by atoms with Gasteiger partial charge in [0.15, 0.2) is 11.9 Å². The average molecular weight is 494 g/mol. The number of halogens is 3. The van der Waals surface area contributed by atoms with Gasteiger partial charge in [0.2, 0.25) is 0 Å². The molecule has 33 heavy (non-hydrogen) atoms. The highest BCUT2D eigenvalue weighted by Crippen LogP contribution is 2.69. The van der Waals surface area contributed by atoms with E-state index in [2.05, 4.69) is 5.32 Å². The number of rotatable bonds is 7. The van der Waals surface area contributed by atoms with Crippen LogP contribution in [-0.2, 0) is 9.59 Å². The van der Waals surface area contributed by atoms with E-state index in [-0.39, 0.29) is 46.4 Å². The Morgan fingerprint density at radius 3 is 2.67 bits per heavy atom. The van der Waals surface area contributed by atoms with E-state index < -0.39 is 18.0 Å². The second-order valence-corrected chi connectivity index (χ2v) is 10.3. The Hall–Kier alpha value is -2.35. The van der Waals surface area contributed by atoms with Gasteiger partial charge < -0.3 is 19.9 Å². The van der Waals surface area contributed by atoms with E-state index in [1.54, 1.807) is 18.2 Å². The zero-order valence-electron chi connectivity index (χ0n) is 17.6. The van der Waals surface area contributed by atoms with Gasteiger partial charge in [-0.25, -0.2) is 4.39 Å². The Morgan fingerprint density at radius 2 is 1.94 bits per heavy atom. The van der Waals surface area contributed by atoms with Crippen LogP contribution in [0.2, 0.25) is 10.0 Å². The summed E-state index contributed by atoms with van der Waals surface area (Å²) < 4.78 is 24.7. The molecule has 2 N–H and O–H groups in total. The van der Waals surface area contributed by atoms with E-state index in [0.717, 1.165) is 6.07 Å². The highest BCUT2D eigenvalue weighted by molar-refractivity contribution is 6.31. The molecule has 9 heteroatoms. The van der Waals surface area contributed by atoms with Crippen molar-refractivity contribution in [1.29, 1.82) is 0 Å². The molecule has 3 fully saturated rings. The topological polar surface area (TPSA) is 84.9 Å². The monoisotopic (exact) mass is 493 g/mol. The van der Waals surface area contributed by atoms with Crippen molar-refractivity contribution in [3.8, 4) is 11.5 Å². The minimum absolute atomic E-state index is 0.00312. The summed E-state index contributed by atoms with van der Waals surface area (Å²) >= 11 is 11.6. The molecule has 3 aliphatic carbocycles. The molecule has 4 aliphatic rings. The van der Waals surface area contributed by atoms with Crippen molar-refractivity contribution in [2.24, 2.45) is 5.41 Å². The average Bonchev–Trinajstić information content (AvgIpc) is 2.72. The molecule has 2 aromatic rings. The molecule has 2 bridgehead atoms. The number of carbonyl (C=O) groups excluding carboxylic acids is 2. The number of amides is 1. The highest BCUT2D eigenvalue weighted by Gasteiger charge is 2.68. The first-order chi connectivity index (χ1) is 15.7. The van der Waals surface area contributed by atoms with Crippen LogP contribution < -0.4 is 14.8 Å². The van der Waals surface area contributed by atoms with Crippen LogP contribution in [0.5, 0.6) is 11.5 Å². The molecule has 2 aromatic carbocycles. The van der Waals surface area contributed by atoms with E-state index in [4.69, 9.17) is 32.7 Å². The van der Waals surface area contributed by atoms with Gasteiger partial charge in [-0.05, 0) is 55.0 Å². The van der Waals surface area contributed by atoms with E-state index in [1.165, 1.54) is 12.1 Å². The molecule has 0 spiro atoms. The Kier molecular flexibility index (Phi) is 5.54. The summed E-state index contributed by atoms with van der Waals surface area (Å²) in [5, 5.41) is 13.9. The second-order valence-electron chi connectivity index (χ2n) is 9.42. The third-order valence-corrected chi connectivity index (χ3v) is 7.26. The Balaban J connectivity index is 1.10. The number of nitrogens with one attached hydrogen (secondary N) is 1. The fraction of sp³-hybridized carbons (Fsp3) is 0.417. The number of ketones is 1. The fourth-order valence-corrected chi connectivity index (χ4v) is 5.74. The normalized spacial score (nSPS) is 29.1. The molecule has 0 radical (unpaired) electrons. The number of benzene rings is 2. The molecule has 1 aliphatic heterocycles. The van der Waals surface area contributed by atoms with Crippen LogP contribution in [0.4, 0.5) is 4.39 Å². The van der Waals surface area contributed by atoms with E-state index in [9.17, 15) is 19.1 Å². The smallest absolute Gasteiger partial charge is 0.261 e. The first-order valence-electron chi connectivity index (χ1n) is 10.7. The van der Waals surface area contributed by atoms with E-state index >= 15 is 0 Å². The summed E-state index contributed by atoms with van der Waals surface area (Å²) in [6, 6.07) is 9.00. The molecule has 3 saturated carbocycles. The summed E-state index contributed by atoms with van der Waals surface area (Å²) in [5.74, 6) is -0.217. The lowest BCUT2D eigenvalue weighted by Gasteiger charge is -2.70. The van der Waals surface area contributed by atoms with Gasteiger partial charge in [-0.1, -0.05) is 23.2 Å². The van der Waals surface area contributed by atoms with Crippen molar-refractivity contribution < 1.29 is 28.6 Å². The van der Waals surface area contributed by atoms with Crippen molar-refractivity contribution in [1.82, 2.24) is 5.32 Å². The van der Waals surface area contributed by atoms with Crippen molar-refractivity contribution in [3.63, 3.8) is 0 Å². The Labute approximate surface area is 200 Å². The van der Waals surface area contributed by atoms with Crippen LogP contribution in [0.3, 0.4) is 0 Å². The maximum Gasteiger partial charge on any atom is 0.261 e. The minimum Gasteiger partial charge on any atom is -0.486 e. The number of hydrogen-bond donors (Lipinski definition) is 2. The summed E-state index contributed by atoms with van der Waals surface area (Å²) in [6.45, 7) is -0.139. The van der Waals surface area contributed by atoms with Gasteiger partial charge in [0.1, 0.15) is 23.9 Å². The van der Waals surface area contributed by atoms with Crippen LogP contribution in [0, 0.1) is 11.2 Å². The largest absolute Gasteiger partial charge is 0.486 e. The fourth-order valence-electron chi connectivity index (χ4n) is 5.44. The van der Waals surface area contributed by atoms with Crippen LogP contribution in [0.15, 0.2) is 36.4 Å². The molecule has 1 heterocycles. The number of ether oxygens (including phenoxy) is 2. The Bertz CT molecular complexity index is 1120. The van der Waals surface area contributed by atoms with Gasteiger partial charge in [0.25, 0.3) is 5.91 Å². The van der Waals surface area contributed by atoms with Crippen LogP contribution in [0.1, 0.15) is 43.8 Å². The van der Waals surface area contributed by atoms with Crippen molar-refractivity contribution in [2.75, 3.05) is 6.61 Å². The van der Waals surface area contributed by atoms with Crippen LogP contribution >= 0.6 is 23.2 Å². The summed E-state index contributed by atoms with van der Waals surface area (Å²) in [6.07, 6.45) is 1.05. The van der Waals surface area contributed by atoms with Crippen molar-refractivity contribution >= 4 is 34.9 Å². The van der Waals surface area contributed by atoms with Gasteiger partial charge in [0, 0.05) is 35.0 Å². The second kappa shape index (κ2) is 8.15. The van der Waals surface area contributed by atoms with Gasteiger partial charge in [0.05, 0.1) is 11.1 Å². The third-order valence-electron chi connectivity index (χ3n) is 6.72. The zero-order chi connectivity index (χ0) is 23.4. The van der Waals surface area contributed by atoms with Crippen LogP contribution in [0.25, 0.3) is 0 Å². The Morgan fingerprint density at radius 1 is 1.18 bits per heavy atom. The number of aliphatic hydroxyl groups is 1. The maximum absolute atomic E-state index is 13.5. The molecule has 0 aromatic heterocycles. The quantitative estimate of drug-likeness (QED) is 0.597. The predicted octanol–water partition coefficient (Wildman–Crippen LogP) is 4.39. The molecular weight excluding hydrogens is 472 g/mol. The predicted molar refractivity (Wildman–Crippen MR) is 119 cm³/mol. The lowest BCUT2D eigenvalue weighted by Crippen LogP contribution is -2.75. The number of carbonyl (C=O) groups is 2. The van der Waals surface area contributed by atoms with Gasteiger partial charge in [-0.3, -0.25) is 9.59 Å². The number of Topliss-reactive ketones (excluding diaryl/α,β-unsaturated/α-hetero) is 1. The molecule has 2 atom stereocenters. The van der Waals surface area contributed by atoms with Gasteiger partial charge >= 0.3 is 0 Å². The molecule has 0 unspecified atom stereocenters. The standard InChI is InChI=1S/C24H22Cl2FNO5/c25-13-1-4-20-16(5-13)19(30)7-21(33-20)22(31)28-24-10-23(11-24,12-24)8-14(29)9-32-15-2-3-17(26)18(27)6-15/h1-6,19,21,30H,7-12H2,(H,28,31)/t19-,21-,23?,24?/m0/s1. The SMILES string of the molecule is O=C(COc1ccc(Cl)c(F)c1)CC12CC(NC(=O)[C@@H]3C[C@H](O)c4cc(Cl)ccc4O3)(C1)C2. The zero-order valence-corrected chi connectivity index (χ0v) is 19.1. The maximum atomic E-state index is 13.5. The molecule has 0 saturated heterocycles. The first kappa shape index (κ1) is 22.4. The van der Waals surface area contributed by atoms with E-state index in [0.29, 0.717) is 42.0 Å².